The van der Waals surface area contributed by atoms with E-state index in [9.17, 15) is 14.4 Å². The summed E-state index contributed by atoms with van der Waals surface area (Å²) >= 11 is 6.49. The number of anilines is 1. The van der Waals surface area contributed by atoms with Crippen molar-refractivity contribution in [2.75, 3.05) is 19.5 Å². The van der Waals surface area contributed by atoms with E-state index >= 15 is 0 Å². The maximum absolute atomic E-state index is 12.6. The summed E-state index contributed by atoms with van der Waals surface area (Å²) in [6, 6.07) is 13.1. The highest BCUT2D eigenvalue weighted by Gasteiger charge is 2.25. The third-order valence-corrected chi connectivity index (χ3v) is 5.35. The Morgan fingerprint density at radius 1 is 1.03 bits per heavy atom. The molecular weight excluding hydrogens is 500 g/mol. The number of hydrogen-bond acceptors (Lipinski definition) is 7. The molecule has 1 heterocycles. The molecule has 37 heavy (non-hydrogen) atoms. The Morgan fingerprint density at radius 2 is 1.73 bits per heavy atom. The predicted molar refractivity (Wildman–Crippen MR) is 139 cm³/mol. The first-order valence-corrected chi connectivity index (χ1v) is 11.7. The summed E-state index contributed by atoms with van der Waals surface area (Å²) in [5.74, 6) is -0.0712. The molecule has 1 unspecified atom stereocenters. The topological polar surface area (TPSA) is 132 Å². The molecule has 0 radical (unpaired) electrons. The number of carbonyl (C=O) groups is 3. The largest absolute Gasteiger partial charge is 0.465 e. The number of carbonyl (C=O) groups excluding carboxylic acids is 3. The van der Waals surface area contributed by atoms with Crippen LogP contribution in [0.4, 0.5) is 15.3 Å². The number of aromatic nitrogens is 2. The third-order valence-electron chi connectivity index (χ3n) is 5.08. The standard InChI is InChI=1S/C26H29ClN4O6/c1-26(2,3)37-25(34)29-19(14-15-7-6-8-17(13-15)23(32)35-4)22-30-20(21(27)31-22)16-9-11-18(12-10-16)28-24(33)36-5/h6-13,19H,14H2,1-5H3,(H,28,33)(H,29,34)(H,30,31). The van der Waals surface area contributed by atoms with Gasteiger partial charge in [0.15, 0.2) is 0 Å². The minimum Gasteiger partial charge on any atom is -0.465 e. The fourth-order valence-electron chi connectivity index (χ4n) is 3.45. The molecule has 0 spiro atoms. The van der Waals surface area contributed by atoms with Crippen molar-refractivity contribution in [3.8, 4) is 11.3 Å². The highest BCUT2D eigenvalue weighted by Crippen LogP contribution is 2.30. The average molecular weight is 529 g/mol. The molecule has 0 fully saturated rings. The number of ether oxygens (including phenoxy) is 3. The Bertz CT molecular complexity index is 1270. The zero-order valence-electron chi connectivity index (χ0n) is 21.2. The molecule has 2 amide bonds. The lowest BCUT2D eigenvalue weighted by molar-refractivity contribution is 0.0499. The first kappa shape index (κ1) is 27.5. The summed E-state index contributed by atoms with van der Waals surface area (Å²) in [5.41, 5.74) is 2.13. The molecular formula is C26H29ClN4O6. The van der Waals surface area contributed by atoms with Crippen LogP contribution in [0.5, 0.6) is 0 Å². The molecule has 196 valence electrons. The van der Waals surface area contributed by atoms with Gasteiger partial charge in [-0.15, -0.1) is 0 Å². The van der Waals surface area contributed by atoms with Gasteiger partial charge in [0.1, 0.15) is 22.3 Å². The van der Waals surface area contributed by atoms with Crippen LogP contribution in [0.2, 0.25) is 5.15 Å². The van der Waals surface area contributed by atoms with Crippen LogP contribution in [0.15, 0.2) is 48.5 Å². The number of amides is 2. The van der Waals surface area contributed by atoms with E-state index in [0.717, 1.165) is 5.56 Å². The fraction of sp³-hybridized carbons (Fsp3) is 0.308. The molecule has 0 aliphatic rings. The van der Waals surface area contributed by atoms with E-state index in [1.54, 1.807) is 63.2 Å². The molecule has 0 saturated carbocycles. The Labute approximate surface area is 219 Å². The van der Waals surface area contributed by atoms with E-state index in [-0.39, 0.29) is 11.6 Å². The number of H-pyrrole nitrogens is 1. The van der Waals surface area contributed by atoms with E-state index in [0.29, 0.717) is 28.3 Å². The van der Waals surface area contributed by atoms with Crippen LogP contribution in [0.3, 0.4) is 0 Å². The van der Waals surface area contributed by atoms with Gasteiger partial charge in [0.05, 0.1) is 25.8 Å². The Hall–Kier alpha value is -4.05. The Balaban J connectivity index is 1.91. The van der Waals surface area contributed by atoms with Gasteiger partial charge in [0, 0.05) is 17.7 Å². The molecule has 0 saturated heterocycles. The number of nitrogens with one attached hydrogen (secondary N) is 3. The normalized spacial score (nSPS) is 11.8. The van der Waals surface area contributed by atoms with Gasteiger partial charge in [-0.05, 0) is 50.6 Å². The van der Waals surface area contributed by atoms with Gasteiger partial charge in [-0.25, -0.2) is 19.4 Å². The van der Waals surface area contributed by atoms with Gasteiger partial charge in [-0.1, -0.05) is 35.9 Å². The molecule has 3 rings (SSSR count). The van der Waals surface area contributed by atoms with Gasteiger partial charge in [-0.2, -0.15) is 0 Å². The lowest BCUT2D eigenvalue weighted by atomic mass is 10.0. The van der Waals surface area contributed by atoms with Crippen LogP contribution in [0, 0.1) is 0 Å². The number of alkyl carbamates (subject to hydrolysis) is 1. The van der Waals surface area contributed by atoms with Crippen molar-refractivity contribution >= 4 is 35.4 Å². The van der Waals surface area contributed by atoms with Crippen LogP contribution in [-0.2, 0) is 20.6 Å². The summed E-state index contributed by atoms with van der Waals surface area (Å²) in [6.07, 6.45) is -0.927. The fourth-order valence-corrected chi connectivity index (χ4v) is 3.70. The summed E-state index contributed by atoms with van der Waals surface area (Å²) < 4.78 is 14.8. The maximum atomic E-state index is 12.6. The number of esters is 1. The minimum atomic E-state index is -0.703. The van der Waals surface area contributed by atoms with E-state index in [2.05, 4.69) is 25.3 Å². The molecule has 2 aromatic carbocycles. The summed E-state index contributed by atoms with van der Waals surface area (Å²) in [7, 11) is 2.59. The number of imidazole rings is 1. The zero-order valence-corrected chi connectivity index (χ0v) is 21.9. The van der Waals surface area contributed by atoms with Gasteiger partial charge < -0.3 is 24.5 Å². The second-order valence-corrected chi connectivity index (χ2v) is 9.45. The first-order valence-electron chi connectivity index (χ1n) is 11.4. The number of halogens is 1. The van der Waals surface area contributed by atoms with Crippen LogP contribution < -0.4 is 10.6 Å². The van der Waals surface area contributed by atoms with Crippen LogP contribution >= 0.6 is 11.6 Å². The number of methoxy groups -OCH3 is 2. The van der Waals surface area contributed by atoms with Crippen molar-refractivity contribution in [2.24, 2.45) is 0 Å². The summed E-state index contributed by atoms with van der Waals surface area (Å²) in [6.45, 7) is 5.30. The number of aromatic amines is 1. The van der Waals surface area contributed by atoms with Gasteiger partial charge in [0.2, 0.25) is 0 Å². The Kier molecular flexibility index (Phi) is 8.77. The lowest BCUT2D eigenvalue weighted by Crippen LogP contribution is -2.36. The van der Waals surface area contributed by atoms with Crippen LogP contribution in [-0.4, -0.2) is 47.9 Å². The van der Waals surface area contributed by atoms with Crippen LogP contribution in [0.25, 0.3) is 11.3 Å². The van der Waals surface area contributed by atoms with Crippen molar-refractivity contribution in [1.29, 1.82) is 0 Å². The quantitative estimate of drug-likeness (QED) is 0.272. The number of hydrogen-bond donors (Lipinski definition) is 3. The van der Waals surface area contributed by atoms with E-state index in [1.165, 1.54) is 14.2 Å². The molecule has 11 heteroatoms. The number of nitrogens with zero attached hydrogens (tertiary/aromatic N) is 1. The van der Waals surface area contributed by atoms with E-state index in [4.69, 9.17) is 21.1 Å². The van der Waals surface area contributed by atoms with E-state index < -0.39 is 29.8 Å². The Morgan fingerprint density at radius 3 is 2.35 bits per heavy atom. The van der Waals surface area contributed by atoms with Crippen molar-refractivity contribution in [1.82, 2.24) is 15.3 Å². The minimum absolute atomic E-state index is 0.267. The molecule has 1 aromatic heterocycles. The summed E-state index contributed by atoms with van der Waals surface area (Å²) in [5, 5.41) is 5.68. The number of benzene rings is 2. The van der Waals surface area contributed by atoms with Gasteiger partial charge in [-0.3, -0.25) is 5.32 Å². The molecule has 0 aliphatic heterocycles. The molecule has 0 aliphatic carbocycles. The molecule has 1 atom stereocenters. The third kappa shape index (κ3) is 7.71. The second-order valence-electron chi connectivity index (χ2n) is 9.07. The molecule has 0 bridgehead atoms. The SMILES string of the molecule is COC(=O)Nc1ccc(-c2nc(C(Cc3cccc(C(=O)OC)c3)NC(=O)OC(C)(C)C)[nH]c2Cl)cc1. The zero-order chi connectivity index (χ0) is 27.2. The molecule has 10 nitrogen and oxygen atoms in total. The van der Waals surface area contributed by atoms with Crippen molar-refractivity contribution < 1.29 is 28.6 Å². The molecule has 3 aromatic rings. The second kappa shape index (κ2) is 11.8. The lowest BCUT2D eigenvalue weighted by Gasteiger charge is -2.23. The highest BCUT2D eigenvalue weighted by molar-refractivity contribution is 6.31. The highest BCUT2D eigenvalue weighted by atomic mass is 35.5. The van der Waals surface area contributed by atoms with Gasteiger partial charge >= 0.3 is 18.2 Å². The summed E-state index contributed by atoms with van der Waals surface area (Å²) in [4.78, 5) is 43.7. The average Bonchev–Trinajstić information content (AvgIpc) is 3.24. The van der Waals surface area contributed by atoms with Crippen molar-refractivity contribution in [3.63, 3.8) is 0 Å². The van der Waals surface area contributed by atoms with Crippen molar-refractivity contribution in [2.45, 2.75) is 38.8 Å². The number of rotatable bonds is 7. The van der Waals surface area contributed by atoms with E-state index in [1.807, 2.05) is 6.07 Å². The smallest absolute Gasteiger partial charge is 0.411 e. The van der Waals surface area contributed by atoms with Crippen molar-refractivity contribution in [3.05, 3.63) is 70.6 Å². The first-order chi connectivity index (χ1) is 17.5. The monoisotopic (exact) mass is 528 g/mol. The van der Waals surface area contributed by atoms with Gasteiger partial charge in [0.25, 0.3) is 0 Å². The maximum Gasteiger partial charge on any atom is 0.411 e. The van der Waals surface area contributed by atoms with Crippen LogP contribution in [0.1, 0.15) is 48.6 Å². The predicted octanol–water partition coefficient (Wildman–Crippen LogP) is 5.50. The molecule has 3 N–H and O–H groups in total.